The van der Waals surface area contributed by atoms with Crippen LogP contribution in [0.3, 0.4) is 0 Å². The Morgan fingerprint density at radius 3 is 2.79 bits per heavy atom. The molecule has 0 unspecified atom stereocenters. The first kappa shape index (κ1) is 19.4. The van der Waals surface area contributed by atoms with Crippen molar-refractivity contribution in [2.24, 2.45) is 0 Å². The molecule has 1 aromatic carbocycles. The second-order valence-corrected chi connectivity index (χ2v) is 5.92. The van der Waals surface area contributed by atoms with Crippen LogP contribution in [0.2, 0.25) is 0 Å². The van der Waals surface area contributed by atoms with Crippen molar-refractivity contribution in [3.8, 4) is 17.3 Å². The Morgan fingerprint density at radius 1 is 1.29 bits per heavy atom. The average molecular weight is 385 g/mol. The molecule has 9 nitrogen and oxygen atoms in total. The number of methoxy groups -OCH3 is 1. The van der Waals surface area contributed by atoms with E-state index < -0.39 is 0 Å². The van der Waals surface area contributed by atoms with Crippen molar-refractivity contribution in [1.82, 2.24) is 25.8 Å². The Morgan fingerprint density at radius 2 is 2.11 bits per heavy atom. The standard InChI is InChI=1S/C19H23N5O4/c1-3-27-14-8-6-13(7-9-14)15(12-26-2)21-19(25)20-11-17-22-18(24-23-17)16-5-4-10-28-16/h4-10,15H,3,11-12H2,1-2H3,(H2,20,21,25)(H,22,23,24)/t15-/m0/s1. The van der Waals surface area contributed by atoms with E-state index in [-0.39, 0.29) is 18.6 Å². The third kappa shape index (κ3) is 5.10. The quantitative estimate of drug-likeness (QED) is 0.522. The van der Waals surface area contributed by atoms with Crippen molar-refractivity contribution >= 4 is 6.03 Å². The number of furan rings is 1. The summed E-state index contributed by atoms with van der Waals surface area (Å²) >= 11 is 0. The molecule has 0 radical (unpaired) electrons. The maximum atomic E-state index is 12.3. The van der Waals surface area contributed by atoms with Gasteiger partial charge in [-0.25, -0.2) is 9.78 Å². The molecule has 0 fully saturated rings. The highest BCUT2D eigenvalue weighted by atomic mass is 16.5. The molecule has 2 aromatic heterocycles. The van der Waals surface area contributed by atoms with Gasteiger partial charge in [-0.05, 0) is 36.8 Å². The summed E-state index contributed by atoms with van der Waals surface area (Å²) < 4.78 is 15.9. The first-order valence-electron chi connectivity index (χ1n) is 8.90. The summed E-state index contributed by atoms with van der Waals surface area (Å²) in [6, 6.07) is 10.4. The second kappa shape index (κ2) is 9.56. The molecule has 3 aromatic rings. The molecule has 9 heteroatoms. The topological polar surface area (TPSA) is 114 Å². The molecule has 3 rings (SSSR count). The number of benzene rings is 1. The van der Waals surface area contributed by atoms with Gasteiger partial charge in [0, 0.05) is 7.11 Å². The number of hydrogen-bond acceptors (Lipinski definition) is 6. The van der Waals surface area contributed by atoms with Gasteiger partial charge in [0.05, 0.1) is 32.1 Å². The predicted molar refractivity (Wildman–Crippen MR) is 102 cm³/mol. The van der Waals surface area contributed by atoms with E-state index in [1.54, 1.807) is 25.5 Å². The number of urea groups is 1. The Bertz CT molecular complexity index is 861. The first-order chi connectivity index (χ1) is 13.7. The Balaban J connectivity index is 1.55. The normalized spacial score (nSPS) is 11.8. The largest absolute Gasteiger partial charge is 0.494 e. The molecule has 0 saturated carbocycles. The lowest BCUT2D eigenvalue weighted by Gasteiger charge is -2.19. The van der Waals surface area contributed by atoms with Gasteiger partial charge in [0.25, 0.3) is 0 Å². The highest BCUT2D eigenvalue weighted by molar-refractivity contribution is 5.74. The number of ether oxygens (including phenoxy) is 2. The van der Waals surface area contributed by atoms with Crippen molar-refractivity contribution in [2.75, 3.05) is 20.3 Å². The molecule has 2 amide bonds. The molecule has 0 aliphatic carbocycles. The number of carbonyl (C=O) groups is 1. The SMILES string of the molecule is CCOc1ccc([C@H](COC)NC(=O)NCc2nc(-c3ccco3)n[nH]2)cc1. The molecule has 28 heavy (non-hydrogen) atoms. The van der Waals surface area contributed by atoms with Crippen molar-refractivity contribution in [1.29, 1.82) is 0 Å². The van der Waals surface area contributed by atoms with Crippen LogP contribution in [-0.2, 0) is 11.3 Å². The number of aromatic nitrogens is 3. The third-order valence-electron chi connectivity index (χ3n) is 3.92. The predicted octanol–water partition coefficient (Wildman–Crippen LogP) is 2.65. The van der Waals surface area contributed by atoms with Crippen molar-refractivity contribution in [3.05, 3.63) is 54.0 Å². The van der Waals surface area contributed by atoms with Crippen LogP contribution in [0.5, 0.6) is 5.75 Å². The van der Waals surface area contributed by atoms with E-state index in [1.807, 2.05) is 31.2 Å². The zero-order chi connectivity index (χ0) is 19.8. The van der Waals surface area contributed by atoms with Crippen LogP contribution in [0.25, 0.3) is 11.6 Å². The number of amides is 2. The molecular formula is C19H23N5O4. The van der Waals surface area contributed by atoms with Crippen molar-refractivity contribution in [2.45, 2.75) is 19.5 Å². The van der Waals surface area contributed by atoms with E-state index in [9.17, 15) is 4.79 Å². The van der Waals surface area contributed by atoms with E-state index in [0.717, 1.165) is 11.3 Å². The highest BCUT2D eigenvalue weighted by Crippen LogP contribution is 2.18. The Kier molecular flexibility index (Phi) is 6.64. The zero-order valence-corrected chi connectivity index (χ0v) is 15.8. The number of rotatable bonds is 9. The fraction of sp³-hybridized carbons (Fsp3) is 0.316. The van der Waals surface area contributed by atoms with Crippen LogP contribution in [0.15, 0.2) is 47.1 Å². The van der Waals surface area contributed by atoms with Crippen LogP contribution in [0.1, 0.15) is 24.4 Å². The van der Waals surface area contributed by atoms with Crippen LogP contribution >= 0.6 is 0 Å². The summed E-state index contributed by atoms with van der Waals surface area (Å²) in [7, 11) is 1.59. The maximum absolute atomic E-state index is 12.3. The number of aromatic amines is 1. The molecule has 0 spiro atoms. The third-order valence-corrected chi connectivity index (χ3v) is 3.92. The van der Waals surface area contributed by atoms with Crippen molar-refractivity contribution < 1.29 is 18.7 Å². The minimum atomic E-state index is -0.341. The fourth-order valence-corrected chi connectivity index (χ4v) is 2.61. The summed E-state index contributed by atoms with van der Waals surface area (Å²) in [4.78, 5) is 16.6. The summed E-state index contributed by atoms with van der Waals surface area (Å²) in [6.07, 6.45) is 1.55. The molecule has 0 saturated heterocycles. The highest BCUT2D eigenvalue weighted by Gasteiger charge is 2.15. The van der Waals surface area contributed by atoms with Gasteiger partial charge in [0.15, 0.2) is 5.76 Å². The minimum Gasteiger partial charge on any atom is -0.494 e. The van der Waals surface area contributed by atoms with Gasteiger partial charge in [-0.15, -0.1) is 5.10 Å². The number of hydrogen-bond donors (Lipinski definition) is 3. The van der Waals surface area contributed by atoms with Gasteiger partial charge < -0.3 is 24.5 Å². The van der Waals surface area contributed by atoms with E-state index >= 15 is 0 Å². The summed E-state index contributed by atoms with van der Waals surface area (Å²) in [5.74, 6) is 2.30. The number of nitrogens with zero attached hydrogens (tertiary/aromatic N) is 2. The maximum Gasteiger partial charge on any atom is 0.315 e. The van der Waals surface area contributed by atoms with E-state index in [0.29, 0.717) is 30.6 Å². The molecule has 148 valence electrons. The van der Waals surface area contributed by atoms with Gasteiger partial charge in [0.2, 0.25) is 5.82 Å². The number of nitrogens with one attached hydrogen (secondary N) is 3. The molecule has 1 atom stereocenters. The molecule has 2 heterocycles. The Hall–Kier alpha value is -3.33. The smallest absolute Gasteiger partial charge is 0.315 e. The lowest BCUT2D eigenvalue weighted by Crippen LogP contribution is -2.39. The Labute approximate surface area is 162 Å². The minimum absolute atomic E-state index is 0.197. The van der Waals surface area contributed by atoms with Crippen LogP contribution < -0.4 is 15.4 Å². The van der Waals surface area contributed by atoms with Gasteiger partial charge >= 0.3 is 6.03 Å². The molecule has 3 N–H and O–H groups in total. The summed E-state index contributed by atoms with van der Waals surface area (Å²) in [5.41, 5.74) is 0.917. The van der Waals surface area contributed by atoms with Gasteiger partial charge in [-0.2, -0.15) is 0 Å². The molecular weight excluding hydrogens is 362 g/mol. The molecule has 0 aliphatic rings. The van der Waals surface area contributed by atoms with Gasteiger partial charge in [0.1, 0.15) is 11.6 Å². The van der Waals surface area contributed by atoms with Crippen LogP contribution in [-0.4, -0.2) is 41.5 Å². The van der Waals surface area contributed by atoms with Crippen molar-refractivity contribution in [3.63, 3.8) is 0 Å². The van der Waals surface area contributed by atoms with E-state index in [4.69, 9.17) is 13.9 Å². The summed E-state index contributed by atoms with van der Waals surface area (Å²) in [6.45, 7) is 3.07. The number of carbonyl (C=O) groups excluding carboxylic acids is 1. The van der Waals surface area contributed by atoms with Gasteiger partial charge in [-0.1, -0.05) is 12.1 Å². The second-order valence-electron chi connectivity index (χ2n) is 5.92. The molecule has 0 bridgehead atoms. The molecule has 0 aliphatic heterocycles. The lowest BCUT2D eigenvalue weighted by molar-refractivity contribution is 0.166. The van der Waals surface area contributed by atoms with E-state index in [2.05, 4.69) is 25.8 Å². The lowest BCUT2D eigenvalue weighted by atomic mass is 10.1. The fourth-order valence-electron chi connectivity index (χ4n) is 2.61. The summed E-state index contributed by atoms with van der Waals surface area (Å²) in [5, 5.41) is 12.5. The van der Waals surface area contributed by atoms with E-state index in [1.165, 1.54) is 0 Å². The zero-order valence-electron chi connectivity index (χ0n) is 15.8. The number of H-pyrrole nitrogens is 1. The van der Waals surface area contributed by atoms with Crippen LogP contribution in [0, 0.1) is 0 Å². The monoisotopic (exact) mass is 385 g/mol. The van der Waals surface area contributed by atoms with Crippen LogP contribution in [0.4, 0.5) is 4.79 Å². The first-order valence-corrected chi connectivity index (χ1v) is 8.90. The average Bonchev–Trinajstić information content (AvgIpc) is 3.39. The van der Waals surface area contributed by atoms with Gasteiger partial charge in [-0.3, -0.25) is 5.10 Å².